The fourth-order valence-electron chi connectivity index (χ4n) is 2.79. The number of aromatic nitrogens is 2. The number of nitrogens with zero attached hydrogens (tertiary/aromatic N) is 2. The third-order valence-corrected chi connectivity index (χ3v) is 4.15. The first-order valence-electron chi connectivity index (χ1n) is 8.45. The van der Waals surface area contributed by atoms with Crippen molar-refractivity contribution in [3.05, 3.63) is 41.6 Å². The van der Waals surface area contributed by atoms with E-state index in [1.165, 1.54) is 11.8 Å². The molecule has 2 amide bonds. The first-order valence-corrected chi connectivity index (χ1v) is 8.45. The second kappa shape index (κ2) is 8.01. The molecule has 0 spiro atoms. The predicted molar refractivity (Wildman–Crippen MR) is 95.5 cm³/mol. The molecular weight excluding hydrogens is 336 g/mol. The molecule has 138 valence electrons. The van der Waals surface area contributed by atoms with Gasteiger partial charge in [0.1, 0.15) is 5.56 Å². The van der Waals surface area contributed by atoms with Crippen LogP contribution in [0.2, 0.25) is 0 Å². The molecule has 0 bridgehead atoms. The van der Waals surface area contributed by atoms with E-state index in [4.69, 9.17) is 9.47 Å². The van der Waals surface area contributed by atoms with E-state index in [1.807, 2.05) is 0 Å². The van der Waals surface area contributed by atoms with Crippen molar-refractivity contribution in [1.82, 2.24) is 15.1 Å². The number of carbonyl (C=O) groups excluding carboxylic acids is 2. The van der Waals surface area contributed by atoms with Gasteiger partial charge in [-0.2, -0.15) is 0 Å². The highest BCUT2D eigenvalue weighted by Crippen LogP contribution is 2.18. The molecule has 1 fully saturated rings. The summed E-state index contributed by atoms with van der Waals surface area (Å²) in [5.74, 6) is -0.229. The average molecular weight is 358 g/mol. The van der Waals surface area contributed by atoms with Crippen LogP contribution in [0.15, 0.2) is 30.5 Å². The number of nitrogens with one attached hydrogen (secondary N) is 2. The molecule has 2 aromatic rings. The Morgan fingerprint density at radius 1 is 1.31 bits per heavy atom. The summed E-state index contributed by atoms with van der Waals surface area (Å²) < 4.78 is 12.1. The topological polar surface area (TPSA) is 94.5 Å². The van der Waals surface area contributed by atoms with Crippen molar-refractivity contribution in [2.45, 2.75) is 18.9 Å². The van der Waals surface area contributed by atoms with Gasteiger partial charge in [0.15, 0.2) is 0 Å². The molecule has 2 heterocycles. The maximum Gasteiger partial charge on any atom is 0.262 e. The first-order chi connectivity index (χ1) is 12.6. The maximum atomic E-state index is 12.3. The Balaban J connectivity index is 1.58. The van der Waals surface area contributed by atoms with Gasteiger partial charge in [0, 0.05) is 37.6 Å². The molecule has 1 atom stereocenters. The fourth-order valence-corrected chi connectivity index (χ4v) is 2.79. The molecule has 3 rings (SSSR count). The smallest absolute Gasteiger partial charge is 0.262 e. The van der Waals surface area contributed by atoms with Gasteiger partial charge in [-0.05, 0) is 37.1 Å². The highest BCUT2D eigenvalue weighted by molar-refractivity contribution is 6.06. The van der Waals surface area contributed by atoms with Crippen molar-refractivity contribution < 1.29 is 19.1 Å². The Bertz CT molecular complexity index is 779. The summed E-state index contributed by atoms with van der Waals surface area (Å²) in [7, 11) is 3.17. The zero-order chi connectivity index (χ0) is 18.5. The molecule has 8 heteroatoms. The van der Waals surface area contributed by atoms with Crippen LogP contribution in [0.3, 0.4) is 0 Å². The Labute approximate surface area is 151 Å². The number of methoxy groups -OCH3 is 1. The summed E-state index contributed by atoms with van der Waals surface area (Å²) in [5.41, 5.74) is 1.45. The molecule has 0 unspecified atom stereocenters. The lowest BCUT2D eigenvalue weighted by molar-refractivity contribution is 0.0857. The van der Waals surface area contributed by atoms with Crippen molar-refractivity contribution in [2.24, 2.45) is 7.05 Å². The Morgan fingerprint density at radius 2 is 2.08 bits per heavy atom. The third-order valence-electron chi connectivity index (χ3n) is 4.15. The lowest BCUT2D eigenvalue weighted by Gasteiger charge is -2.11. The van der Waals surface area contributed by atoms with Crippen molar-refractivity contribution in [3.63, 3.8) is 0 Å². The van der Waals surface area contributed by atoms with Gasteiger partial charge in [0.05, 0.1) is 13.2 Å². The second-order valence-corrected chi connectivity index (χ2v) is 6.10. The summed E-state index contributed by atoms with van der Waals surface area (Å²) in [6.07, 6.45) is 3.70. The van der Waals surface area contributed by atoms with Crippen LogP contribution in [0.1, 0.15) is 33.6 Å². The van der Waals surface area contributed by atoms with Crippen molar-refractivity contribution >= 4 is 17.5 Å². The average Bonchev–Trinajstić information content (AvgIpc) is 3.29. The van der Waals surface area contributed by atoms with E-state index in [-0.39, 0.29) is 23.8 Å². The molecule has 1 saturated heterocycles. The lowest BCUT2D eigenvalue weighted by Crippen LogP contribution is -2.31. The van der Waals surface area contributed by atoms with Crippen LogP contribution in [0.25, 0.3) is 0 Å². The predicted octanol–water partition coefficient (Wildman–Crippen LogP) is 1.59. The Hall–Kier alpha value is -2.87. The molecule has 8 nitrogen and oxygen atoms in total. The molecule has 1 aromatic heterocycles. The molecular formula is C18H22N4O4. The van der Waals surface area contributed by atoms with E-state index in [9.17, 15) is 9.59 Å². The van der Waals surface area contributed by atoms with Crippen LogP contribution in [-0.4, -0.2) is 48.0 Å². The van der Waals surface area contributed by atoms with Gasteiger partial charge < -0.3 is 20.1 Å². The van der Waals surface area contributed by atoms with Gasteiger partial charge in [0.25, 0.3) is 11.8 Å². The van der Waals surface area contributed by atoms with Crippen molar-refractivity contribution in [1.29, 1.82) is 0 Å². The molecule has 1 aromatic carbocycles. The summed E-state index contributed by atoms with van der Waals surface area (Å²) in [5, 5.41) is 9.68. The quantitative estimate of drug-likeness (QED) is 0.818. The van der Waals surface area contributed by atoms with Crippen LogP contribution in [0, 0.1) is 0 Å². The lowest BCUT2D eigenvalue weighted by atomic mass is 10.1. The van der Waals surface area contributed by atoms with E-state index in [0.29, 0.717) is 23.4 Å². The summed E-state index contributed by atoms with van der Waals surface area (Å²) in [6, 6.07) is 6.70. The molecule has 2 N–H and O–H groups in total. The normalized spacial score (nSPS) is 16.3. The van der Waals surface area contributed by atoms with E-state index in [1.54, 1.807) is 37.5 Å². The summed E-state index contributed by atoms with van der Waals surface area (Å²) in [6.45, 7) is 1.27. The monoisotopic (exact) mass is 358 g/mol. The first kappa shape index (κ1) is 17.9. The van der Waals surface area contributed by atoms with E-state index < -0.39 is 0 Å². The number of aryl methyl sites for hydroxylation is 1. The maximum absolute atomic E-state index is 12.3. The molecule has 26 heavy (non-hydrogen) atoms. The summed E-state index contributed by atoms with van der Waals surface area (Å²) in [4.78, 5) is 24.5. The number of rotatable bonds is 6. The van der Waals surface area contributed by atoms with E-state index in [2.05, 4.69) is 15.7 Å². The van der Waals surface area contributed by atoms with E-state index in [0.717, 1.165) is 19.4 Å². The number of ether oxygens (including phenoxy) is 2. The minimum atomic E-state index is -0.328. The Morgan fingerprint density at radius 3 is 2.73 bits per heavy atom. The largest absolute Gasteiger partial charge is 0.479 e. The van der Waals surface area contributed by atoms with Gasteiger partial charge >= 0.3 is 0 Å². The molecule has 0 aliphatic carbocycles. The minimum Gasteiger partial charge on any atom is -0.479 e. The highest BCUT2D eigenvalue weighted by Gasteiger charge is 2.18. The van der Waals surface area contributed by atoms with Gasteiger partial charge in [-0.1, -0.05) is 0 Å². The summed E-state index contributed by atoms with van der Waals surface area (Å²) >= 11 is 0. The molecule has 0 radical (unpaired) electrons. The number of hydrogen-bond acceptors (Lipinski definition) is 5. The zero-order valence-electron chi connectivity index (χ0n) is 14.8. The van der Waals surface area contributed by atoms with Crippen LogP contribution in [0.4, 0.5) is 5.69 Å². The van der Waals surface area contributed by atoms with Gasteiger partial charge in [-0.3, -0.25) is 14.3 Å². The van der Waals surface area contributed by atoms with Crippen LogP contribution < -0.4 is 15.4 Å². The van der Waals surface area contributed by atoms with Crippen molar-refractivity contribution in [3.8, 4) is 5.88 Å². The Kier molecular flexibility index (Phi) is 5.52. The highest BCUT2D eigenvalue weighted by atomic mass is 16.5. The standard InChI is InChI=1S/C18H22N4O4/c1-22-11-15(18(21-22)25-2)17(24)20-13-7-5-12(6-8-13)16(23)19-10-14-4-3-9-26-14/h5-8,11,14H,3-4,9-10H2,1-2H3,(H,19,23)(H,20,24)/t14-/m1/s1. The SMILES string of the molecule is COc1nn(C)cc1C(=O)Nc1ccc(C(=O)NC[C@H]2CCCO2)cc1. The van der Waals surface area contributed by atoms with Gasteiger partial charge in [-0.15, -0.1) is 5.10 Å². The van der Waals surface area contributed by atoms with Gasteiger partial charge in [0.2, 0.25) is 5.88 Å². The second-order valence-electron chi connectivity index (χ2n) is 6.10. The number of anilines is 1. The third kappa shape index (κ3) is 4.20. The van der Waals surface area contributed by atoms with Crippen molar-refractivity contribution in [2.75, 3.05) is 25.6 Å². The van der Waals surface area contributed by atoms with E-state index >= 15 is 0 Å². The molecule has 1 aliphatic heterocycles. The van der Waals surface area contributed by atoms with Crippen LogP contribution >= 0.6 is 0 Å². The number of amides is 2. The van der Waals surface area contributed by atoms with Crippen LogP contribution in [0.5, 0.6) is 5.88 Å². The van der Waals surface area contributed by atoms with Gasteiger partial charge in [-0.25, -0.2) is 0 Å². The zero-order valence-corrected chi connectivity index (χ0v) is 14.8. The molecule has 1 aliphatic rings. The number of benzene rings is 1. The fraction of sp³-hybridized carbons (Fsp3) is 0.389. The number of hydrogen-bond donors (Lipinski definition) is 2. The molecule has 0 saturated carbocycles. The van der Waals surface area contributed by atoms with Crippen LogP contribution in [-0.2, 0) is 11.8 Å². The minimum absolute atomic E-state index is 0.104. The number of carbonyl (C=O) groups is 2.